The number of pyridine rings is 1. The summed E-state index contributed by atoms with van der Waals surface area (Å²) >= 11 is 0. The summed E-state index contributed by atoms with van der Waals surface area (Å²) in [5.41, 5.74) is 17.5. The van der Waals surface area contributed by atoms with Crippen molar-refractivity contribution in [1.82, 2.24) is 23.3 Å². The lowest BCUT2D eigenvalue weighted by Gasteiger charge is -2.20. The number of aryl methyl sites for hydroxylation is 1. The highest BCUT2D eigenvalue weighted by Crippen LogP contribution is 2.50. The topological polar surface area (TPSA) is 45.7 Å². The zero-order valence-corrected chi connectivity index (χ0v) is 43.7. The van der Waals surface area contributed by atoms with Crippen molar-refractivity contribution in [3.8, 4) is 56.6 Å². The first-order valence-corrected chi connectivity index (χ1v) is 26.7. The van der Waals surface area contributed by atoms with Gasteiger partial charge in [-0.3, -0.25) is 13.7 Å². The van der Waals surface area contributed by atoms with E-state index in [1.165, 1.54) is 38.1 Å². The van der Waals surface area contributed by atoms with Crippen LogP contribution in [0.25, 0.3) is 122 Å². The van der Waals surface area contributed by atoms with E-state index in [2.05, 4.69) is 288 Å². The molecule has 15 rings (SSSR count). The minimum atomic E-state index is -0.116. The second-order valence-corrected chi connectivity index (χ2v) is 21.4. The molecule has 78 heavy (non-hydrogen) atoms. The van der Waals surface area contributed by atoms with Crippen LogP contribution in [0.4, 0.5) is 0 Å². The maximum atomic E-state index is 7.08. The molecule has 0 aliphatic rings. The molecule has 0 radical (unpaired) electrons. The summed E-state index contributed by atoms with van der Waals surface area (Å²) in [5.74, 6) is 2.27. The van der Waals surface area contributed by atoms with Gasteiger partial charge in [0.15, 0.2) is 0 Å². The van der Waals surface area contributed by atoms with Gasteiger partial charge in [0.1, 0.15) is 17.3 Å². The van der Waals surface area contributed by atoms with Crippen molar-refractivity contribution in [2.45, 2.75) is 26.2 Å². The fourth-order valence-corrected chi connectivity index (χ4v) is 12.3. The number of fused-ring (bicyclic) bond motifs is 13. The Hall–Kier alpha value is -9.98. The first kappa shape index (κ1) is 45.4. The maximum Gasteiger partial charge on any atom is 0.269 e. The predicted molar refractivity (Wildman–Crippen MR) is 320 cm³/mol. The Bertz CT molecular complexity index is 4800. The van der Waals surface area contributed by atoms with Crippen molar-refractivity contribution in [2.75, 3.05) is 0 Å². The Morgan fingerprint density at radius 1 is 0.462 bits per heavy atom. The molecule has 0 amide bonds. The van der Waals surface area contributed by atoms with Gasteiger partial charge in [0.2, 0.25) is 0 Å². The summed E-state index contributed by atoms with van der Waals surface area (Å²) in [6.07, 6.45) is 5.81. The number of imidazole rings is 1. The van der Waals surface area contributed by atoms with E-state index < -0.39 is 0 Å². The predicted octanol–water partition coefficient (Wildman–Crippen LogP) is 17.4. The van der Waals surface area contributed by atoms with Crippen LogP contribution in [-0.2, 0) is 12.5 Å². The molecule has 0 saturated heterocycles. The second kappa shape index (κ2) is 17.5. The van der Waals surface area contributed by atoms with Gasteiger partial charge in [0, 0.05) is 62.8 Å². The summed E-state index contributed by atoms with van der Waals surface area (Å²) < 4.78 is 18.7. The summed E-state index contributed by atoms with van der Waals surface area (Å²) in [6, 6.07) is 84.2. The summed E-state index contributed by atoms with van der Waals surface area (Å²) in [4.78, 5) is 5.25. The lowest BCUT2D eigenvalue weighted by molar-refractivity contribution is -0.572. The molecule has 15 aromatic rings. The minimum Gasteiger partial charge on any atom is -0.458 e. The lowest BCUT2D eigenvalue weighted by atomic mass is 9.88. The highest BCUT2D eigenvalue weighted by atomic mass is 16.5. The molecule has 0 bridgehead atoms. The summed E-state index contributed by atoms with van der Waals surface area (Å²) in [5, 5.41) is 7.08. The zero-order valence-electron chi connectivity index (χ0n) is 43.7. The Kier molecular flexibility index (Phi) is 10.2. The third-order valence-electron chi connectivity index (χ3n) is 15.8. The molecule has 0 saturated carbocycles. The molecule has 10 aromatic carbocycles. The van der Waals surface area contributed by atoms with Gasteiger partial charge in [-0.15, -0.1) is 0 Å². The number of nitrogens with zero attached hydrogens (tertiary/aromatic N) is 6. The van der Waals surface area contributed by atoms with E-state index in [1.54, 1.807) is 0 Å². The van der Waals surface area contributed by atoms with Crippen LogP contribution in [-0.4, -0.2) is 23.3 Å². The molecule has 7 heteroatoms. The average molecular weight is 1010 g/mol. The molecular formula is C71H52N6O. The van der Waals surface area contributed by atoms with E-state index in [4.69, 9.17) is 9.72 Å². The van der Waals surface area contributed by atoms with Gasteiger partial charge in [-0.05, 0) is 100.0 Å². The van der Waals surface area contributed by atoms with Crippen molar-refractivity contribution in [3.63, 3.8) is 0 Å². The largest absolute Gasteiger partial charge is 0.458 e. The van der Waals surface area contributed by atoms with Crippen molar-refractivity contribution < 1.29 is 9.30 Å². The van der Waals surface area contributed by atoms with Gasteiger partial charge < -0.3 is 13.9 Å². The van der Waals surface area contributed by atoms with Gasteiger partial charge in [0.25, 0.3) is 6.33 Å². The Balaban J connectivity index is 0.961. The van der Waals surface area contributed by atoms with E-state index in [9.17, 15) is 0 Å². The van der Waals surface area contributed by atoms with Crippen molar-refractivity contribution in [2.24, 2.45) is 7.05 Å². The van der Waals surface area contributed by atoms with Crippen molar-refractivity contribution in [1.29, 1.82) is 0 Å². The number of hydrogen-bond donors (Lipinski definition) is 0. The molecule has 0 spiro atoms. The zero-order chi connectivity index (χ0) is 52.2. The number of aromatic nitrogens is 6. The van der Waals surface area contributed by atoms with Crippen LogP contribution in [0.1, 0.15) is 26.3 Å². The van der Waals surface area contributed by atoms with Crippen LogP contribution in [0.2, 0.25) is 0 Å². The van der Waals surface area contributed by atoms with Crippen LogP contribution in [0.3, 0.4) is 0 Å². The number of hydrogen-bond acceptors (Lipinski definition) is 2. The van der Waals surface area contributed by atoms with Crippen LogP contribution in [0.5, 0.6) is 11.5 Å². The van der Waals surface area contributed by atoms with Crippen LogP contribution in [0.15, 0.2) is 243 Å². The van der Waals surface area contributed by atoms with E-state index in [0.717, 1.165) is 89.0 Å². The first-order chi connectivity index (χ1) is 38.3. The number of benzene rings is 10. The molecule has 0 unspecified atom stereocenters. The molecule has 0 N–H and O–H groups in total. The van der Waals surface area contributed by atoms with E-state index >= 15 is 0 Å². The molecule has 0 atom stereocenters. The summed E-state index contributed by atoms with van der Waals surface area (Å²) in [6.45, 7) is 6.80. The number of ether oxygens (including phenoxy) is 1. The van der Waals surface area contributed by atoms with Crippen LogP contribution >= 0.6 is 0 Å². The summed E-state index contributed by atoms with van der Waals surface area (Å²) in [7, 11) is 2.22. The second-order valence-electron chi connectivity index (χ2n) is 21.4. The first-order valence-electron chi connectivity index (χ1n) is 26.7. The molecule has 0 aliphatic carbocycles. The SMILES string of the molecule is Cn1c2ccccc2c2c1c1c3ccccc3n(-c3ccccc3)c1c1c3ccc(Oc4cccc(-[n+]5[c-]n(-c6c(-c7ccccc7)cccc6-c6ccccc6)c6ccccc65)c4)cc3n(-c3cc(C(C)(C)C)ccn3)c21. The van der Waals surface area contributed by atoms with Gasteiger partial charge in [-0.25, -0.2) is 4.98 Å². The normalized spacial score (nSPS) is 12.1. The van der Waals surface area contributed by atoms with Gasteiger partial charge in [0.05, 0.1) is 50.0 Å². The standard InChI is InChI=1S/C71H52N6O/c1-71(2,3)48-40-41-72-63(42-48)77-62-44-52(38-39-57(62)66-69-65(68-64(70(66)77)55-30-14-16-34-58(55)73(68)4)56-31-15-17-35-59(56)76(69)49-26-12-7-13-27-49)78-51-29-20-28-50(43-51)74-45-75(61-37-19-18-36-60(61)74)67-53(46-22-8-5-9-23-46)32-21-33-54(67)47-24-10-6-11-25-47/h5-44H,1-4H3. The molecule has 0 fully saturated rings. The quantitative estimate of drug-likeness (QED) is 0.112. The van der Waals surface area contributed by atoms with E-state index in [0.29, 0.717) is 11.5 Å². The molecule has 5 aromatic heterocycles. The van der Waals surface area contributed by atoms with Gasteiger partial charge >= 0.3 is 0 Å². The van der Waals surface area contributed by atoms with Crippen molar-refractivity contribution >= 4 is 76.5 Å². The highest BCUT2D eigenvalue weighted by molar-refractivity contribution is 6.40. The molecule has 0 aliphatic heterocycles. The minimum absolute atomic E-state index is 0.116. The number of rotatable bonds is 8. The average Bonchev–Trinajstić information content (AvgIpc) is 3.87. The monoisotopic (exact) mass is 1000 g/mol. The molecule has 372 valence electrons. The third kappa shape index (κ3) is 6.98. The smallest absolute Gasteiger partial charge is 0.269 e. The Morgan fingerprint density at radius 3 is 1.73 bits per heavy atom. The molecular weight excluding hydrogens is 953 g/mol. The Labute approximate surface area is 451 Å². The number of para-hydroxylation sites is 6. The van der Waals surface area contributed by atoms with Gasteiger partial charge in [-0.2, -0.15) is 0 Å². The Morgan fingerprint density at radius 2 is 1.03 bits per heavy atom. The fourth-order valence-electron chi connectivity index (χ4n) is 12.3. The van der Waals surface area contributed by atoms with Crippen LogP contribution in [0, 0.1) is 6.33 Å². The van der Waals surface area contributed by atoms with Crippen molar-refractivity contribution in [3.05, 3.63) is 255 Å². The highest BCUT2D eigenvalue weighted by Gasteiger charge is 2.29. The van der Waals surface area contributed by atoms with E-state index in [1.807, 2.05) is 12.3 Å². The van der Waals surface area contributed by atoms with Crippen LogP contribution < -0.4 is 9.30 Å². The molecule has 7 nitrogen and oxygen atoms in total. The maximum absolute atomic E-state index is 7.08. The fraction of sp³-hybridized carbons (Fsp3) is 0.0704. The van der Waals surface area contributed by atoms with Gasteiger partial charge in [-0.1, -0.05) is 185 Å². The third-order valence-corrected chi connectivity index (χ3v) is 15.8. The van der Waals surface area contributed by atoms with E-state index in [-0.39, 0.29) is 5.41 Å². The molecule has 5 heterocycles. The lowest BCUT2D eigenvalue weighted by Crippen LogP contribution is -2.29.